The smallest absolute Gasteiger partial charge is 0.119 e. The molecule has 4 heteroatoms. The predicted molar refractivity (Wildman–Crippen MR) is 71.9 cm³/mol. The number of hydrogen-bond acceptors (Lipinski definition) is 3. The Morgan fingerprint density at radius 3 is 3.06 bits per heavy atom. The average molecular weight is 300 g/mol. The standard InChI is InChI=1S/C13H17NO2.BrH/c1-2-14-6-7-16-13-9-4-3-5-12(15)10(9)8-11(13)14;/h3-5,11,13,15H,2,6-8H2,1H3;1H/t11-,13-;/m0./s1. The van der Waals surface area contributed by atoms with Gasteiger partial charge < -0.3 is 9.84 Å². The van der Waals surface area contributed by atoms with E-state index in [1.165, 1.54) is 5.56 Å². The molecule has 1 fully saturated rings. The fourth-order valence-corrected chi connectivity index (χ4v) is 2.98. The van der Waals surface area contributed by atoms with Gasteiger partial charge >= 0.3 is 0 Å². The lowest BCUT2D eigenvalue weighted by Crippen LogP contribution is -2.45. The van der Waals surface area contributed by atoms with Crippen LogP contribution in [0.4, 0.5) is 0 Å². The van der Waals surface area contributed by atoms with Crippen molar-refractivity contribution in [1.29, 1.82) is 0 Å². The molecule has 0 unspecified atom stereocenters. The van der Waals surface area contributed by atoms with E-state index in [2.05, 4.69) is 17.9 Å². The fraction of sp³-hybridized carbons (Fsp3) is 0.538. The van der Waals surface area contributed by atoms with Gasteiger partial charge in [0.05, 0.1) is 12.7 Å². The number of nitrogens with zero attached hydrogens (tertiary/aromatic N) is 1. The molecule has 17 heavy (non-hydrogen) atoms. The largest absolute Gasteiger partial charge is 0.508 e. The highest BCUT2D eigenvalue weighted by molar-refractivity contribution is 8.93. The molecule has 1 aliphatic carbocycles. The van der Waals surface area contributed by atoms with E-state index in [1.54, 1.807) is 6.07 Å². The Hall–Kier alpha value is -0.580. The molecule has 0 spiro atoms. The third kappa shape index (κ3) is 1.98. The number of benzene rings is 1. The van der Waals surface area contributed by atoms with Crippen LogP contribution in [0.25, 0.3) is 0 Å². The molecule has 0 amide bonds. The molecule has 1 aliphatic heterocycles. The van der Waals surface area contributed by atoms with Gasteiger partial charge in [-0.15, -0.1) is 17.0 Å². The molecular weight excluding hydrogens is 282 g/mol. The third-order valence-electron chi connectivity index (χ3n) is 3.81. The second-order valence-corrected chi connectivity index (χ2v) is 4.54. The lowest BCUT2D eigenvalue weighted by molar-refractivity contribution is -0.0624. The Balaban J connectivity index is 0.00000108. The van der Waals surface area contributed by atoms with Crippen molar-refractivity contribution in [3.05, 3.63) is 29.3 Å². The third-order valence-corrected chi connectivity index (χ3v) is 3.81. The summed E-state index contributed by atoms with van der Waals surface area (Å²) in [5.41, 5.74) is 2.26. The van der Waals surface area contributed by atoms with Gasteiger partial charge in [0.1, 0.15) is 5.75 Å². The zero-order valence-corrected chi connectivity index (χ0v) is 11.6. The van der Waals surface area contributed by atoms with Gasteiger partial charge in [-0.05, 0) is 24.6 Å². The number of morpholine rings is 1. The Kier molecular flexibility index (Phi) is 3.76. The summed E-state index contributed by atoms with van der Waals surface area (Å²) in [6.45, 7) is 5.04. The van der Waals surface area contributed by atoms with Gasteiger partial charge in [0.2, 0.25) is 0 Å². The van der Waals surface area contributed by atoms with Crippen molar-refractivity contribution < 1.29 is 9.84 Å². The van der Waals surface area contributed by atoms with Crippen molar-refractivity contribution in [3.8, 4) is 5.75 Å². The predicted octanol–water partition coefficient (Wildman–Crippen LogP) is 2.29. The summed E-state index contributed by atoms with van der Waals surface area (Å²) in [5, 5.41) is 9.86. The van der Waals surface area contributed by atoms with Gasteiger partial charge in [0, 0.05) is 18.2 Å². The molecular formula is C13H18BrNO2. The normalized spacial score (nSPS) is 27.1. The fourth-order valence-electron chi connectivity index (χ4n) is 2.98. The first kappa shape index (κ1) is 12.9. The van der Waals surface area contributed by atoms with E-state index in [1.807, 2.05) is 6.07 Å². The van der Waals surface area contributed by atoms with Crippen LogP contribution in [0.15, 0.2) is 18.2 Å². The van der Waals surface area contributed by atoms with Crippen molar-refractivity contribution >= 4 is 17.0 Å². The molecule has 3 rings (SSSR count). The van der Waals surface area contributed by atoms with Crippen molar-refractivity contribution in [2.75, 3.05) is 19.7 Å². The van der Waals surface area contributed by atoms with E-state index in [-0.39, 0.29) is 23.1 Å². The van der Waals surface area contributed by atoms with Gasteiger partial charge in [-0.1, -0.05) is 19.1 Å². The van der Waals surface area contributed by atoms with Crippen molar-refractivity contribution in [2.45, 2.75) is 25.5 Å². The van der Waals surface area contributed by atoms with Crippen molar-refractivity contribution in [1.82, 2.24) is 4.90 Å². The Morgan fingerprint density at radius 2 is 2.29 bits per heavy atom. The highest BCUT2D eigenvalue weighted by Gasteiger charge is 2.40. The molecule has 0 aromatic heterocycles. The van der Waals surface area contributed by atoms with Crippen LogP contribution in [-0.4, -0.2) is 35.7 Å². The van der Waals surface area contributed by atoms with Crippen LogP contribution in [0.1, 0.15) is 24.2 Å². The van der Waals surface area contributed by atoms with Crippen LogP contribution in [0.5, 0.6) is 5.75 Å². The molecule has 3 nitrogen and oxygen atoms in total. The van der Waals surface area contributed by atoms with E-state index in [4.69, 9.17) is 4.74 Å². The number of likely N-dealkylation sites (N-methyl/N-ethyl adjacent to an activating group) is 1. The van der Waals surface area contributed by atoms with Crippen LogP contribution >= 0.6 is 17.0 Å². The molecule has 1 N–H and O–H groups in total. The maximum atomic E-state index is 9.86. The highest BCUT2D eigenvalue weighted by Crippen LogP contribution is 2.42. The average Bonchev–Trinajstić information content (AvgIpc) is 2.69. The summed E-state index contributed by atoms with van der Waals surface area (Å²) in [4.78, 5) is 2.45. The van der Waals surface area contributed by atoms with Gasteiger partial charge in [-0.3, -0.25) is 4.90 Å². The quantitative estimate of drug-likeness (QED) is 0.864. The van der Waals surface area contributed by atoms with E-state index < -0.39 is 0 Å². The summed E-state index contributed by atoms with van der Waals surface area (Å²) in [6.07, 6.45) is 1.08. The maximum Gasteiger partial charge on any atom is 0.119 e. The second kappa shape index (κ2) is 4.96. The number of phenolic OH excluding ortho intramolecular Hbond substituents is 1. The highest BCUT2D eigenvalue weighted by atomic mass is 79.9. The first-order valence-corrected chi connectivity index (χ1v) is 5.97. The molecule has 1 aromatic carbocycles. The van der Waals surface area contributed by atoms with Crippen molar-refractivity contribution in [3.63, 3.8) is 0 Å². The van der Waals surface area contributed by atoms with Crippen LogP contribution < -0.4 is 0 Å². The molecule has 2 atom stereocenters. The molecule has 0 bridgehead atoms. The molecule has 1 aromatic rings. The van der Waals surface area contributed by atoms with Gasteiger partial charge in [0.15, 0.2) is 0 Å². The molecule has 94 valence electrons. The van der Waals surface area contributed by atoms with Crippen LogP contribution in [0.2, 0.25) is 0 Å². The monoisotopic (exact) mass is 299 g/mol. The minimum Gasteiger partial charge on any atom is -0.508 e. The lowest BCUT2D eigenvalue weighted by Gasteiger charge is -2.37. The molecule has 0 saturated carbocycles. The van der Waals surface area contributed by atoms with Gasteiger partial charge in [-0.25, -0.2) is 0 Å². The lowest BCUT2D eigenvalue weighted by atomic mass is 10.1. The van der Waals surface area contributed by atoms with Crippen molar-refractivity contribution in [2.24, 2.45) is 0 Å². The minimum atomic E-state index is 0. The number of fused-ring (bicyclic) bond motifs is 3. The summed E-state index contributed by atoms with van der Waals surface area (Å²) in [6, 6.07) is 6.18. The zero-order valence-electron chi connectivity index (χ0n) is 9.93. The molecule has 1 heterocycles. The summed E-state index contributed by atoms with van der Waals surface area (Å²) in [7, 11) is 0. The second-order valence-electron chi connectivity index (χ2n) is 4.54. The molecule has 2 aliphatic rings. The Morgan fingerprint density at radius 1 is 1.47 bits per heavy atom. The number of halogens is 1. The molecule has 1 saturated heterocycles. The van der Waals surface area contributed by atoms with E-state index in [0.29, 0.717) is 11.8 Å². The van der Waals surface area contributed by atoms with E-state index in [9.17, 15) is 5.11 Å². The first-order chi connectivity index (χ1) is 7.81. The Bertz CT molecular complexity index is 410. The zero-order chi connectivity index (χ0) is 11.1. The topological polar surface area (TPSA) is 32.7 Å². The Labute approximate surface area is 112 Å². The summed E-state index contributed by atoms with van der Waals surface area (Å²) < 4.78 is 5.86. The number of hydrogen-bond donors (Lipinski definition) is 1. The SMILES string of the molecule is Br.CCN1CCO[C@H]2c3cccc(O)c3C[C@@H]21. The van der Waals surface area contributed by atoms with Gasteiger partial charge in [-0.2, -0.15) is 0 Å². The number of ether oxygens (including phenoxy) is 1. The first-order valence-electron chi connectivity index (χ1n) is 5.97. The van der Waals surface area contributed by atoms with E-state index in [0.717, 1.165) is 31.7 Å². The minimum absolute atomic E-state index is 0. The number of rotatable bonds is 1. The van der Waals surface area contributed by atoms with Crippen LogP contribution in [-0.2, 0) is 11.2 Å². The number of phenols is 1. The summed E-state index contributed by atoms with van der Waals surface area (Å²) >= 11 is 0. The summed E-state index contributed by atoms with van der Waals surface area (Å²) in [5.74, 6) is 0.423. The number of aromatic hydroxyl groups is 1. The van der Waals surface area contributed by atoms with E-state index >= 15 is 0 Å². The molecule has 0 radical (unpaired) electrons. The van der Waals surface area contributed by atoms with Crippen LogP contribution in [0.3, 0.4) is 0 Å². The van der Waals surface area contributed by atoms with Gasteiger partial charge in [0.25, 0.3) is 0 Å². The maximum absolute atomic E-state index is 9.86. The van der Waals surface area contributed by atoms with Crippen LogP contribution in [0, 0.1) is 0 Å².